The Labute approximate surface area is 126 Å². The molecule has 1 aromatic rings. The Kier molecular flexibility index (Phi) is 6.32. The minimum atomic E-state index is -4.45. The van der Waals surface area contributed by atoms with Gasteiger partial charge in [-0.05, 0) is 47.0 Å². The molecule has 2 nitrogen and oxygen atoms in total. The van der Waals surface area contributed by atoms with Crippen molar-refractivity contribution in [2.24, 2.45) is 0 Å². The van der Waals surface area contributed by atoms with E-state index in [1.165, 1.54) is 6.07 Å². The van der Waals surface area contributed by atoms with E-state index in [9.17, 15) is 18.0 Å². The third kappa shape index (κ3) is 5.14. The zero-order valence-electron chi connectivity index (χ0n) is 9.86. The Bertz CT molecular complexity index is 449. The van der Waals surface area contributed by atoms with Crippen LogP contribution in [0, 0.1) is 0 Å². The fraction of sp³-hybridized carbons (Fsp3) is 0.417. The first-order valence-electron chi connectivity index (χ1n) is 5.57. The van der Waals surface area contributed by atoms with Crippen molar-refractivity contribution in [1.29, 1.82) is 0 Å². The molecule has 0 aliphatic rings. The van der Waals surface area contributed by atoms with E-state index in [1.807, 2.05) is 0 Å². The van der Waals surface area contributed by atoms with Crippen molar-refractivity contribution >= 4 is 37.8 Å². The van der Waals surface area contributed by atoms with Gasteiger partial charge in [0, 0.05) is 16.3 Å². The van der Waals surface area contributed by atoms with Gasteiger partial charge in [0.15, 0.2) is 0 Å². The molecule has 1 amide bonds. The minimum absolute atomic E-state index is 0.00586. The summed E-state index contributed by atoms with van der Waals surface area (Å²) in [6, 6.07) is 3.02. The molecule has 0 atom stereocenters. The summed E-state index contributed by atoms with van der Waals surface area (Å²) in [5.41, 5.74) is -0.838. The second kappa shape index (κ2) is 7.28. The summed E-state index contributed by atoms with van der Waals surface area (Å²) < 4.78 is 38.0. The molecule has 0 unspecified atom stereocenters. The fourth-order valence-electron chi connectivity index (χ4n) is 1.39. The lowest BCUT2D eigenvalue weighted by Gasteiger charge is -2.11. The van der Waals surface area contributed by atoms with Crippen molar-refractivity contribution in [2.75, 3.05) is 11.9 Å². The Balaban J connectivity index is 2.78. The van der Waals surface area contributed by atoms with E-state index in [0.29, 0.717) is 11.0 Å². The lowest BCUT2D eigenvalue weighted by atomic mass is 10.1. The van der Waals surface area contributed by atoms with Gasteiger partial charge in [0.2, 0.25) is 0 Å². The van der Waals surface area contributed by atoms with E-state index in [2.05, 4.69) is 37.2 Å². The molecule has 19 heavy (non-hydrogen) atoms. The van der Waals surface area contributed by atoms with Gasteiger partial charge in [0.1, 0.15) is 0 Å². The number of rotatable bonds is 5. The number of benzene rings is 1. The molecule has 0 spiro atoms. The monoisotopic (exact) mass is 401 g/mol. The average molecular weight is 403 g/mol. The van der Waals surface area contributed by atoms with Crippen LogP contribution in [0.1, 0.15) is 28.8 Å². The van der Waals surface area contributed by atoms with Crippen LogP contribution in [0.4, 0.5) is 13.2 Å². The van der Waals surface area contributed by atoms with E-state index < -0.39 is 17.6 Å². The van der Waals surface area contributed by atoms with Gasteiger partial charge in [-0.1, -0.05) is 15.9 Å². The lowest BCUT2D eigenvalue weighted by Crippen LogP contribution is -2.25. The molecule has 0 fully saturated rings. The van der Waals surface area contributed by atoms with Crippen LogP contribution >= 0.6 is 31.9 Å². The van der Waals surface area contributed by atoms with E-state index >= 15 is 0 Å². The molecule has 1 aromatic carbocycles. The first-order chi connectivity index (χ1) is 8.86. The molecule has 106 valence electrons. The molecular weight excluding hydrogens is 391 g/mol. The second-order valence-electron chi connectivity index (χ2n) is 3.84. The minimum Gasteiger partial charge on any atom is -0.352 e. The highest BCUT2D eigenvalue weighted by atomic mass is 79.9. The molecule has 0 aliphatic heterocycles. The summed E-state index contributed by atoms with van der Waals surface area (Å²) >= 11 is 6.34. The second-order valence-corrected chi connectivity index (χ2v) is 5.49. The summed E-state index contributed by atoms with van der Waals surface area (Å²) in [6.45, 7) is 0.438. The van der Waals surface area contributed by atoms with E-state index in [0.717, 1.165) is 30.3 Å². The van der Waals surface area contributed by atoms with Gasteiger partial charge in [0.05, 0.1) is 11.1 Å². The molecule has 0 radical (unpaired) electrons. The fourth-order valence-corrected chi connectivity index (χ4v) is 2.22. The summed E-state index contributed by atoms with van der Waals surface area (Å²) in [6.07, 6.45) is -2.79. The van der Waals surface area contributed by atoms with Crippen molar-refractivity contribution in [1.82, 2.24) is 5.32 Å². The predicted molar refractivity (Wildman–Crippen MR) is 74.5 cm³/mol. The smallest absolute Gasteiger partial charge is 0.352 e. The SMILES string of the molecule is O=C(NCCCCBr)c1cc(C(F)(F)F)ccc1Br. The number of halogens is 5. The van der Waals surface area contributed by atoms with Crippen LogP contribution in [0.3, 0.4) is 0 Å². The lowest BCUT2D eigenvalue weighted by molar-refractivity contribution is -0.137. The average Bonchev–Trinajstić information content (AvgIpc) is 2.33. The summed E-state index contributed by atoms with van der Waals surface area (Å²) in [7, 11) is 0. The number of amides is 1. The number of hydrogen-bond acceptors (Lipinski definition) is 1. The van der Waals surface area contributed by atoms with Crippen molar-refractivity contribution in [2.45, 2.75) is 19.0 Å². The van der Waals surface area contributed by atoms with Crippen LogP contribution in [0.15, 0.2) is 22.7 Å². The molecule has 1 rings (SSSR count). The van der Waals surface area contributed by atoms with Crippen LogP contribution in [0.2, 0.25) is 0 Å². The van der Waals surface area contributed by atoms with Crippen molar-refractivity contribution in [3.05, 3.63) is 33.8 Å². The number of hydrogen-bond donors (Lipinski definition) is 1. The van der Waals surface area contributed by atoms with Crippen molar-refractivity contribution < 1.29 is 18.0 Å². The van der Waals surface area contributed by atoms with Crippen LogP contribution in [0.5, 0.6) is 0 Å². The van der Waals surface area contributed by atoms with Crippen molar-refractivity contribution in [3.63, 3.8) is 0 Å². The first-order valence-corrected chi connectivity index (χ1v) is 7.48. The topological polar surface area (TPSA) is 29.1 Å². The zero-order valence-corrected chi connectivity index (χ0v) is 13.0. The maximum absolute atomic E-state index is 12.6. The Morgan fingerprint density at radius 3 is 2.53 bits per heavy atom. The van der Waals surface area contributed by atoms with E-state index in [4.69, 9.17) is 0 Å². The summed E-state index contributed by atoms with van der Waals surface area (Å²) in [5.74, 6) is -0.507. The van der Waals surface area contributed by atoms with E-state index in [1.54, 1.807) is 0 Å². The van der Waals surface area contributed by atoms with Gasteiger partial charge in [-0.3, -0.25) is 4.79 Å². The molecule has 0 bridgehead atoms. The molecule has 0 heterocycles. The van der Waals surface area contributed by atoms with Crippen LogP contribution in [0.25, 0.3) is 0 Å². The van der Waals surface area contributed by atoms with Gasteiger partial charge >= 0.3 is 6.18 Å². The maximum Gasteiger partial charge on any atom is 0.416 e. The zero-order chi connectivity index (χ0) is 14.5. The normalized spacial score (nSPS) is 11.4. The Morgan fingerprint density at radius 1 is 1.26 bits per heavy atom. The van der Waals surface area contributed by atoms with E-state index in [-0.39, 0.29) is 5.56 Å². The quantitative estimate of drug-likeness (QED) is 0.575. The number of carbonyl (C=O) groups excluding carboxylic acids is 1. The molecular formula is C12H12Br2F3NO. The highest BCUT2D eigenvalue weighted by Gasteiger charge is 2.31. The number of nitrogens with one attached hydrogen (secondary N) is 1. The number of carbonyl (C=O) groups is 1. The van der Waals surface area contributed by atoms with Crippen LogP contribution in [-0.2, 0) is 6.18 Å². The van der Waals surface area contributed by atoms with Gasteiger partial charge in [-0.25, -0.2) is 0 Å². The third-order valence-electron chi connectivity index (χ3n) is 2.38. The summed E-state index contributed by atoms with van der Waals surface area (Å²) in [5, 5.41) is 3.43. The predicted octanol–water partition coefficient (Wildman–Crippen LogP) is 4.37. The standard InChI is InChI=1S/C12H12Br2F3NO/c13-5-1-2-6-18-11(19)9-7-8(12(15,16)17)3-4-10(9)14/h3-4,7H,1-2,5-6H2,(H,18,19). The van der Waals surface area contributed by atoms with Gasteiger partial charge < -0.3 is 5.32 Å². The Morgan fingerprint density at radius 2 is 1.95 bits per heavy atom. The molecule has 0 aliphatic carbocycles. The largest absolute Gasteiger partial charge is 0.416 e. The highest BCUT2D eigenvalue weighted by molar-refractivity contribution is 9.10. The number of unbranched alkanes of at least 4 members (excludes halogenated alkanes) is 1. The third-order valence-corrected chi connectivity index (χ3v) is 3.64. The molecule has 7 heteroatoms. The highest BCUT2D eigenvalue weighted by Crippen LogP contribution is 2.31. The van der Waals surface area contributed by atoms with Crippen LogP contribution in [-0.4, -0.2) is 17.8 Å². The van der Waals surface area contributed by atoms with Gasteiger partial charge in [-0.15, -0.1) is 0 Å². The molecule has 0 saturated carbocycles. The van der Waals surface area contributed by atoms with Crippen molar-refractivity contribution in [3.8, 4) is 0 Å². The molecule has 0 saturated heterocycles. The van der Waals surface area contributed by atoms with Gasteiger partial charge in [-0.2, -0.15) is 13.2 Å². The number of alkyl halides is 4. The maximum atomic E-state index is 12.6. The molecule has 1 N–H and O–H groups in total. The molecule has 0 aromatic heterocycles. The summed E-state index contributed by atoms with van der Waals surface area (Å²) in [4.78, 5) is 11.8. The van der Waals surface area contributed by atoms with Gasteiger partial charge in [0.25, 0.3) is 5.91 Å². The van der Waals surface area contributed by atoms with Crippen LogP contribution < -0.4 is 5.32 Å². The Hall–Kier alpha value is -0.560. The first kappa shape index (κ1) is 16.5.